The van der Waals surface area contributed by atoms with Gasteiger partial charge in [0.25, 0.3) is 0 Å². The minimum Gasteiger partial charge on any atom is -0.0622 e. The standard InChI is InChI=1S/C17H18/c1-13-7-9-15(10-8-13)17-11-16(12-17)14-5-3-2-4-6-14/h2-10,16-17H,11-12H2,1H3. The van der Waals surface area contributed by atoms with E-state index >= 15 is 0 Å². The third kappa shape index (κ3) is 2.12. The fourth-order valence-corrected chi connectivity index (χ4v) is 2.73. The van der Waals surface area contributed by atoms with E-state index < -0.39 is 0 Å². The number of aryl methyl sites for hydroxylation is 1. The Hall–Kier alpha value is -1.56. The van der Waals surface area contributed by atoms with Crippen LogP contribution < -0.4 is 0 Å². The number of rotatable bonds is 2. The summed E-state index contributed by atoms with van der Waals surface area (Å²) in [6.07, 6.45) is 2.63. The molecule has 0 nitrogen and oxygen atoms in total. The lowest BCUT2D eigenvalue weighted by Crippen LogP contribution is -2.19. The summed E-state index contributed by atoms with van der Waals surface area (Å²) in [5.41, 5.74) is 4.38. The van der Waals surface area contributed by atoms with Crippen molar-refractivity contribution in [2.24, 2.45) is 0 Å². The average molecular weight is 222 g/mol. The summed E-state index contributed by atoms with van der Waals surface area (Å²) >= 11 is 0. The highest BCUT2D eigenvalue weighted by molar-refractivity contribution is 5.30. The molecule has 1 saturated carbocycles. The van der Waals surface area contributed by atoms with E-state index in [0.717, 1.165) is 11.8 Å². The van der Waals surface area contributed by atoms with Crippen LogP contribution in [0.3, 0.4) is 0 Å². The maximum atomic E-state index is 2.29. The molecule has 0 unspecified atom stereocenters. The van der Waals surface area contributed by atoms with Crippen LogP contribution in [0.2, 0.25) is 0 Å². The number of hydrogen-bond donors (Lipinski definition) is 0. The van der Waals surface area contributed by atoms with Gasteiger partial charge in [-0.05, 0) is 42.7 Å². The van der Waals surface area contributed by atoms with Gasteiger partial charge in [-0.15, -0.1) is 0 Å². The Morgan fingerprint density at radius 2 is 1.24 bits per heavy atom. The largest absolute Gasteiger partial charge is 0.0622 e. The molecule has 0 spiro atoms. The van der Waals surface area contributed by atoms with Gasteiger partial charge in [0.2, 0.25) is 0 Å². The molecule has 0 aliphatic heterocycles. The van der Waals surface area contributed by atoms with E-state index in [2.05, 4.69) is 61.5 Å². The second kappa shape index (κ2) is 4.37. The summed E-state index contributed by atoms with van der Waals surface area (Å²) in [5.74, 6) is 1.56. The summed E-state index contributed by atoms with van der Waals surface area (Å²) in [5, 5.41) is 0. The second-order valence-corrected chi connectivity index (χ2v) is 5.19. The number of benzene rings is 2. The molecular formula is C17H18. The molecule has 0 atom stereocenters. The van der Waals surface area contributed by atoms with Crippen LogP contribution in [0, 0.1) is 6.92 Å². The van der Waals surface area contributed by atoms with Gasteiger partial charge in [0.15, 0.2) is 0 Å². The van der Waals surface area contributed by atoms with Crippen LogP contribution in [0.4, 0.5) is 0 Å². The molecule has 0 saturated heterocycles. The molecule has 2 aromatic carbocycles. The highest BCUT2D eigenvalue weighted by atomic mass is 14.3. The highest BCUT2D eigenvalue weighted by Gasteiger charge is 2.30. The summed E-state index contributed by atoms with van der Waals surface area (Å²) in [6, 6.07) is 20.0. The maximum Gasteiger partial charge on any atom is -0.0150 e. The predicted octanol–water partition coefficient (Wildman–Crippen LogP) is 4.66. The Bertz CT molecular complexity index is 475. The lowest BCUT2D eigenvalue weighted by atomic mass is 9.68. The van der Waals surface area contributed by atoms with E-state index in [9.17, 15) is 0 Å². The van der Waals surface area contributed by atoms with Gasteiger partial charge in [-0.25, -0.2) is 0 Å². The molecule has 86 valence electrons. The lowest BCUT2D eigenvalue weighted by Gasteiger charge is -2.36. The molecule has 0 heteroatoms. The van der Waals surface area contributed by atoms with Crippen molar-refractivity contribution in [2.45, 2.75) is 31.6 Å². The van der Waals surface area contributed by atoms with Gasteiger partial charge in [-0.3, -0.25) is 0 Å². The van der Waals surface area contributed by atoms with Gasteiger partial charge >= 0.3 is 0 Å². The van der Waals surface area contributed by atoms with E-state index in [1.165, 1.54) is 29.5 Å². The second-order valence-electron chi connectivity index (χ2n) is 5.19. The molecule has 0 radical (unpaired) electrons. The minimum absolute atomic E-state index is 0.779. The van der Waals surface area contributed by atoms with E-state index in [1.807, 2.05) is 0 Å². The van der Waals surface area contributed by atoms with Gasteiger partial charge in [0.1, 0.15) is 0 Å². The normalized spacial score (nSPS) is 23.1. The molecule has 1 aliphatic rings. The first kappa shape index (κ1) is 10.6. The first-order chi connectivity index (χ1) is 8.33. The zero-order valence-electron chi connectivity index (χ0n) is 10.3. The first-order valence-electron chi connectivity index (χ1n) is 6.44. The molecule has 0 aromatic heterocycles. The maximum absolute atomic E-state index is 2.29. The van der Waals surface area contributed by atoms with Gasteiger partial charge in [0.05, 0.1) is 0 Å². The molecule has 17 heavy (non-hydrogen) atoms. The van der Waals surface area contributed by atoms with Crippen LogP contribution in [0.1, 0.15) is 41.4 Å². The highest BCUT2D eigenvalue weighted by Crippen LogP contribution is 2.47. The van der Waals surface area contributed by atoms with Crippen molar-refractivity contribution in [3.8, 4) is 0 Å². The molecule has 3 rings (SSSR count). The SMILES string of the molecule is Cc1ccc(C2CC(c3ccccc3)C2)cc1. The zero-order valence-corrected chi connectivity index (χ0v) is 10.3. The van der Waals surface area contributed by atoms with Crippen LogP contribution in [-0.2, 0) is 0 Å². The van der Waals surface area contributed by atoms with Crippen molar-refractivity contribution in [1.29, 1.82) is 0 Å². The summed E-state index contributed by atoms with van der Waals surface area (Å²) < 4.78 is 0. The molecule has 0 amide bonds. The smallest absolute Gasteiger partial charge is 0.0150 e. The molecule has 1 aliphatic carbocycles. The van der Waals surface area contributed by atoms with Crippen molar-refractivity contribution in [1.82, 2.24) is 0 Å². The third-order valence-electron chi connectivity index (χ3n) is 3.96. The first-order valence-corrected chi connectivity index (χ1v) is 6.44. The Morgan fingerprint density at radius 1 is 0.706 bits per heavy atom. The number of hydrogen-bond acceptors (Lipinski definition) is 0. The van der Waals surface area contributed by atoms with Gasteiger partial charge in [0, 0.05) is 0 Å². The van der Waals surface area contributed by atoms with Crippen LogP contribution in [0.5, 0.6) is 0 Å². The van der Waals surface area contributed by atoms with Gasteiger partial charge in [-0.1, -0.05) is 60.2 Å². The van der Waals surface area contributed by atoms with E-state index in [4.69, 9.17) is 0 Å². The van der Waals surface area contributed by atoms with E-state index in [1.54, 1.807) is 0 Å². The fourth-order valence-electron chi connectivity index (χ4n) is 2.73. The summed E-state index contributed by atoms with van der Waals surface area (Å²) in [6.45, 7) is 2.15. The monoisotopic (exact) mass is 222 g/mol. The zero-order chi connectivity index (χ0) is 11.7. The van der Waals surface area contributed by atoms with Crippen LogP contribution >= 0.6 is 0 Å². The van der Waals surface area contributed by atoms with Crippen molar-refractivity contribution in [3.05, 3.63) is 71.3 Å². The topological polar surface area (TPSA) is 0 Å². The van der Waals surface area contributed by atoms with Crippen molar-refractivity contribution in [2.75, 3.05) is 0 Å². The minimum atomic E-state index is 0.779. The molecule has 0 heterocycles. The Kier molecular flexibility index (Phi) is 2.72. The molecule has 2 aromatic rings. The Morgan fingerprint density at radius 3 is 1.82 bits per heavy atom. The average Bonchev–Trinajstić information content (AvgIpc) is 2.31. The fraction of sp³-hybridized carbons (Fsp3) is 0.294. The van der Waals surface area contributed by atoms with E-state index in [0.29, 0.717) is 0 Å². The molecule has 0 N–H and O–H groups in total. The third-order valence-corrected chi connectivity index (χ3v) is 3.96. The summed E-state index contributed by atoms with van der Waals surface area (Å²) in [7, 11) is 0. The van der Waals surface area contributed by atoms with Crippen molar-refractivity contribution >= 4 is 0 Å². The quantitative estimate of drug-likeness (QED) is 0.693. The molecular weight excluding hydrogens is 204 g/mol. The molecule has 0 bridgehead atoms. The Balaban J connectivity index is 1.67. The van der Waals surface area contributed by atoms with Crippen molar-refractivity contribution in [3.63, 3.8) is 0 Å². The van der Waals surface area contributed by atoms with Crippen molar-refractivity contribution < 1.29 is 0 Å². The predicted molar refractivity (Wildman–Crippen MR) is 72.3 cm³/mol. The molecule has 1 fully saturated rings. The van der Waals surface area contributed by atoms with Crippen LogP contribution in [0.25, 0.3) is 0 Å². The van der Waals surface area contributed by atoms with Gasteiger partial charge < -0.3 is 0 Å². The van der Waals surface area contributed by atoms with Gasteiger partial charge in [-0.2, -0.15) is 0 Å². The van der Waals surface area contributed by atoms with Crippen LogP contribution in [0.15, 0.2) is 54.6 Å². The lowest BCUT2D eigenvalue weighted by molar-refractivity contribution is 0.351. The Labute approximate surface area is 103 Å². The van der Waals surface area contributed by atoms with E-state index in [-0.39, 0.29) is 0 Å². The van der Waals surface area contributed by atoms with Crippen LogP contribution in [-0.4, -0.2) is 0 Å². The summed E-state index contributed by atoms with van der Waals surface area (Å²) in [4.78, 5) is 0.